The molecule has 0 aliphatic heterocycles. The molecule has 1 amide bonds. The molecule has 1 aromatic heterocycles. The van der Waals surface area contributed by atoms with E-state index >= 15 is 0 Å². The number of rotatable bonds is 5. The fraction of sp³-hybridized carbons (Fsp3) is 0.583. The molecule has 0 aliphatic rings. The second kappa shape index (κ2) is 5.70. The summed E-state index contributed by atoms with van der Waals surface area (Å²) in [5, 5.41) is 0. The van der Waals surface area contributed by atoms with E-state index in [2.05, 4.69) is 13.8 Å². The molecule has 0 fully saturated rings. The number of nitrogens with two attached hydrogens (primary N) is 1. The van der Waals surface area contributed by atoms with Gasteiger partial charge in [-0.05, 0) is 18.4 Å². The summed E-state index contributed by atoms with van der Waals surface area (Å²) < 4.78 is 4.88. The molecule has 1 atom stereocenters. The maximum absolute atomic E-state index is 11.8. The van der Waals surface area contributed by atoms with Crippen molar-refractivity contribution >= 4 is 5.91 Å². The number of furan rings is 1. The fourth-order valence-corrected chi connectivity index (χ4v) is 1.38. The lowest BCUT2D eigenvalue weighted by atomic mass is 10.0. The largest absolute Gasteiger partial charge is 0.472 e. The first kappa shape index (κ1) is 12.8. The van der Waals surface area contributed by atoms with Crippen LogP contribution in [0.2, 0.25) is 0 Å². The zero-order valence-corrected chi connectivity index (χ0v) is 10.1. The quantitative estimate of drug-likeness (QED) is 0.828. The highest BCUT2D eigenvalue weighted by Crippen LogP contribution is 2.07. The highest BCUT2D eigenvalue weighted by atomic mass is 16.3. The summed E-state index contributed by atoms with van der Waals surface area (Å²) in [6.45, 7) is 4.84. The third kappa shape index (κ3) is 3.38. The van der Waals surface area contributed by atoms with Crippen molar-refractivity contribution in [3.63, 3.8) is 0 Å². The molecule has 90 valence electrons. The second-order valence-corrected chi connectivity index (χ2v) is 4.44. The Kier molecular flexibility index (Phi) is 4.55. The van der Waals surface area contributed by atoms with Gasteiger partial charge in [0.1, 0.15) is 6.26 Å². The number of carbonyl (C=O) groups is 1. The Morgan fingerprint density at radius 2 is 2.25 bits per heavy atom. The molecule has 1 rings (SSSR count). The first-order valence-electron chi connectivity index (χ1n) is 5.55. The topological polar surface area (TPSA) is 59.5 Å². The standard InChI is InChI=1S/C12H20N2O2/c1-9(2)11(13)4-6-14(3)12(15)10-5-7-16-8-10/h5,7-9,11H,4,6,13H2,1-3H3/t11-/m1/s1. The van der Waals surface area contributed by atoms with Gasteiger partial charge in [-0.15, -0.1) is 0 Å². The van der Waals surface area contributed by atoms with Crippen molar-refractivity contribution in [1.29, 1.82) is 0 Å². The van der Waals surface area contributed by atoms with Crippen molar-refractivity contribution < 1.29 is 9.21 Å². The lowest BCUT2D eigenvalue weighted by molar-refractivity contribution is 0.0788. The summed E-state index contributed by atoms with van der Waals surface area (Å²) in [4.78, 5) is 13.5. The molecule has 16 heavy (non-hydrogen) atoms. The molecule has 1 heterocycles. The van der Waals surface area contributed by atoms with Gasteiger partial charge in [0, 0.05) is 19.6 Å². The number of hydrogen-bond acceptors (Lipinski definition) is 3. The molecule has 4 heteroatoms. The summed E-state index contributed by atoms with van der Waals surface area (Å²) >= 11 is 0. The molecule has 2 N–H and O–H groups in total. The minimum Gasteiger partial charge on any atom is -0.472 e. The molecular weight excluding hydrogens is 204 g/mol. The Morgan fingerprint density at radius 3 is 2.75 bits per heavy atom. The van der Waals surface area contributed by atoms with E-state index in [-0.39, 0.29) is 11.9 Å². The Balaban J connectivity index is 2.41. The van der Waals surface area contributed by atoms with Crippen molar-refractivity contribution in [3.05, 3.63) is 24.2 Å². The van der Waals surface area contributed by atoms with Crippen LogP contribution < -0.4 is 5.73 Å². The van der Waals surface area contributed by atoms with Gasteiger partial charge >= 0.3 is 0 Å². The van der Waals surface area contributed by atoms with E-state index in [1.165, 1.54) is 12.5 Å². The van der Waals surface area contributed by atoms with E-state index in [1.54, 1.807) is 18.0 Å². The molecule has 4 nitrogen and oxygen atoms in total. The summed E-state index contributed by atoms with van der Waals surface area (Å²) in [6, 6.07) is 1.81. The summed E-state index contributed by atoms with van der Waals surface area (Å²) in [5.41, 5.74) is 6.51. The molecule has 1 aromatic rings. The van der Waals surface area contributed by atoms with Crippen LogP contribution in [0, 0.1) is 5.92 Å². The van der Waals surface area contributed by atoms with Crippen LogP contribution in [-0.4, -0.2) is 30.4 Å². The van der Waals surface area contributed by atoms with Gasteiger partial charge in [0.15, 0.2) is 0 Å². The Bertz CT molecular complexity index is 320. The highest BCUT2D eigenvalue weighted by molar-refractivity contribution is 5.93. The number of carbonyl (C=O) groups excluding carboxylic acids is 1. The van der Waals surface area contributed by atoms with Gasteiger partial charge in [0.05, 0.1) is 11.8 Å². The minimum absolute atomic E-state index is 0.0234. The normalized spacial score (nSPS) is 12.8. The van der Waals surface area contributed by atoms with Gasteiger partial charge < -0.3 is 15.1 Å². The molecule has 0 spiro atoms. The summed E-state index contributed by atoms with van der Waals surface area (Å²) in [6.07, 6.45) is 3.78. The molecule has 0 aliphatic carbocycles. The molecule has 0 bridgehead atoms. The molecule has 0 radical (unpaired) electrons. The van der Waals surface area contributed by atoms with Crippen molar-refractivity contribution in [1.82, 2.24) is 4.90 Å². The number of hydrogen-bond donors (Lipinski definition) is 1. The van der Waals surface area contributed by atoms with Gasteiger partial charge in [0.2, 0.25) is 0 Å². The van der Waals surface area contributed by atoms with Gasteiger partial charge in [-0.2, -0.15) is 0 Å². The van der Waals surface area contributed by atoms with Crippen LogP contribution in [0.4, 0.5) is 0 Å². The maximum Gasteiger partial charge on any atom is 0.256 e. The Labute approximate surface area is 96.4 Å². The second-order valence-electron chi connectivity index (χ2n) is 4.44. The Hall–Kier alpha value is -1.29. The Morgan fingerprint density at radius 1 is 1.56 bits per heavy atom. The van der Waals surface area contributed by atoms with E-state index < -0.39 is 0 Å². The van der Waals surface area contributed by atoms with E-state index in [1.807, 2.05) is 0 Å². The van der Waals surface area contributed by atoms with Crippen LogP contribution in [0.5, 0.6) is 0 Å². The molecular formula is C12H20N2O2. The molecule has 0 unspecified atom stereocenters. The van der Waals surface area contributed by atoms with E-state index in [4.69, 9.17) is 10.2 Å². The number of nitrogens with zero attached hydrogens (tertiary/aromatic N) is 1. The van der Waals surface area contributed by atoms with Crippen molar-refractivity contribution in [2.75, 3.05) is 13.6 Å². The highest BCUT2D eigenvalue weighted by Gasteiger charge is 2.14. The van der Waals surface area contributed by atoms with E-state index in [0.717, 1.165) is 6.42 Å². The van der Waals surface area contributed by atoms with Gasteiger partial charge in [0.25, 0.3) is 5.91 Å². The lowest BCUT2D eigenvalue weighted by Crippen LogP contribution is -2.34. The fourth-order valence-electron chi connectivity index (χ4n) is 1.38. The average Bonchev–Trinajstić information content (AvgIpc) is 2.77. The van der Waals surface area contributed by atoms with E-state index in [9.17, 15) is 4.79 Å². The molecule has 0 saturated heterocycles. The zero-order chi connectivity index (χ0) is 12.1. The van der Waals surface area contributed by atoms with Crippen LogP contribution in [-0.2, 0) is 0 Å². The first-order chi connectivity index (χ1) is 7.52. The average molecular weight is 224 g/mol. The third-order valence-electron chi connectivity index (χ3n) is 2.77. The van der Waals surface area contributed by atoms with Crippen LogP contribution in [0.1, 0.15) is 30.6 Å². The first-order valence-corrected chi connectivity index (χ1v) is 5.55. The number of amides is 1. The van der Waals surface area contributed by atoms with Gasteiger partial charge in [-0.3, -0.25) is 4.79 Å². The summed E-state index contributed by atoms with van der Waals surface area (Å²) in [7, 11) is 1.78. The van der Waals surface area contributed by atoms with Crippen LogP contribution >= 0.6 is 0 Å². The van der Waals surface area contributed by atoms with Crippen LogP contribution in [0.15, 0.2) is 23.0 Å². The molecule has 0 aromatic carbocycles. The van der Waals surface area contributed by atoms with Crippen molar-refractivity contribution in [2.24, 2.45) is 11.7 Å². The SMILES string of the molecule is CC(C)[C@H](N)CCN(C)C(=O)c1ccoc1. The third-order valence-corrected chi connectivity index (χ3v) is 2.77. The predicted octanol–water partition coefficient (Wildman–Crippen LogP) is 1.72. The monoisotopic (exact) mass is 224 g/mol. The minimum atomic E-state index is -0.0234. The predicted molar refractivity (Wildman–Crippen MR) is 63.1 cm³/mol. The van der Waals surface area contributed by atoms with Crippen molar-refractivity contribution in [2.45, 2.75) is 26.3 Å². The summed E-state index contributed by atoms with van der Waals surface area (Å²) in [5.74, 6) is 0.419. The van der Waals surface area contributed by atoms with Crippen LogP contribution in [0.3, 0.4) is 0 Å². The van der Waals surface area contributed by atoms with Gasteiger partial charge in [-0.25, -0.2) is 0 Å². The van der Waals surface area contributed by atoms with Gasteiger partial charge in [-0.1, -0.05) is 13.8 Å². The van der Waals surface area contributed by atoms with Crippen molar-refractivity contribution in [3.8, 4) is 0 Å². The van der Waals surface area contributed by atoms with E-state index in [0.29, 0.717) is 18.0 Å². The van der Waals surface area contributed by atoms with Crippen LogP contribution in [0.25, 0.3) is 0 Å². The molecule has 0 saturated carbocycles. The zero-order valence-electron chi connectivity index (χ0n) is 10.1. The maximum atomic E-state index is 11.8. The smallest absolute Gasteiger partial charge is 0.256 e. The lowest BCUT2D eigenvalue weighted by Gasteiger charge is -2.21.